The van der Waals surface area contributed by atoms with Crippen LogP contribution in [-0.2, 0) is 29.2 Å². The number of carbonyl (C=O) groups is 2. The Morgan fingerprint density at radius 3 is 2.41 bits per heavy atom. The van der Waals surface area contributed by atoms with Crippen LogP contribution >= 0.6 is 0 Å². The molecule has 2 heterocycles. The normalized spacial score (nSPS) is 10.9. The number of furan rings is 1. The van der Waals surface area contributed by atoms with E-state index in [1.807, 2.05) is 0 Å². The van der Waals surface area contributed by atoms with Crippen molar-refractivity contribution in [3.8, 4) is 0 Å². The van der Waals surface area contributed by atoms with Crippen molar-refractivity contribution >= 4 is 28.4 Å². The Morgan fingerprint density at radius 2 is 1.68 bits per heavy atom. The quantitative estimate of drug-likeness (QED) is 0.431. The molecule has 2 aromatic carbocycles. The molecule has 0 aliphatic carbocycles. The van der Waals surface area contributed by atoms with Gasteiger partial charge in [0.2, 0.25) is 11.8 Å². The molecule has 9 nitrogen and oxygen atoms in total. The van der Waals surface area contributed by atoms with E-state index in [0.717, 1.165) is 16.7 Å². The maximum absolute atomic E-state index is 13.9. The molecule has 0 radical (unpaired) electrons. The van der Waals surface area contributed by atoms with Crippen LogP contribution in [0, 0.1) is 11.6 Å². The summed E-state index contributed by atoms with van der Waals surface area (Å²) in [6, 6.07) is 12.0. The van der Waals surface area contributed by atoms with E-state index in [1.54, 1.807) is 24.3 Å². The summed E-state index contributed by atoms with van der Waals surface area (Å²) in [5.74, 6) is -2.71. The largest absolute Gasteiger partial charge is 0.467 e. The van der Waals surface area contributed by atoms with Crippen molar-refractivity contribution in [1.29, 1.82) is 0 Å². The van der Waals surface area contributed by atoms with Crippen molar-refractivity contribution in [2.45, 2.75) is 19.6 Å². The van der Waals surface area contributed by atoms with E-state index >= 15 is 0 Å². The highest BCUT2D eigenvalue weighted by atomic mass is 19.1. The van der Waals surface area contributed by atoms with Gasteiger partial charge < -0.3 is 15.1 Å². The van der Waals surface area contributed by atoms with Crippen molar-refractivity contribution in [2.24, 2.45) is 0 Å². The van der Waals surface area contributed by atoms with E-state index in [0.29, 0.717) is 16.4 Å². The maximum Gasteiger partial charge on any atom is 0.332 e. The molecule has 34 heavy (non-hydrogen) atoms. The molecule has 0 spiro atoms. The number of halogens is 2. The number of para-hydroxylation sites is 1. The third kappa shape index (κ3) is 4.77. The number of amides is 2. The molecular weight excluding hydrogens is 450 g/mol. The Balaban J connectivity index is 1.63. The lowest BCUT2D eigenvalue weighted by atomic mass is 10.2. The molecule has 0 fully saturated rings. The minimum Gasteiger partial charge on any atom is -0.467 e. The predicted molar refractivity (Wildman–Crippen MR) is 118 cm³/mol. The number of carbonyl (C=O) groups excluding carboxylic acids is 2. The van der Waals surface area contributed by atoms with Crippen molar-refractivity contribution in [1.82, 2.24) is 14.5 Å². The first-order valence-corrected chi connectivity index (χ1v) is 10.1. The van der Waals surface area contributed by atoms with E-state index in [1.165, 1.54) is 18.4 Å². The van der Waals surface area contributed by atoms with Crippen LogP contribution < -0.4 is 21.9 Å². The van der Waals surface area contributed by atoms with Gasteiger partial charge in [0.1, 0.15) is 30.5 Å². The monoisotopic (exact) mass is 468 g/mol. The van der Waals surface area contributed by atoms with Crippen LogP contribution in [0.25, 0.3) is 10.9 Å². The first-order chi connectivity index (χ1) is 16.3. The minimum atomic E-state index is -0.983. The maximum atomic E-state index is 13.9. The summed E-state index contributed by atoms with van der Waals surface area (Å²) in [6.45, 7) is -1.10. The molecule has 2 N–H and O–H groups in total. The van der Waals surface area contributed by atoms with Gasteiger partial charge in [-0.25, -0.2) is 13.6 Å². The second-order valence-electron chi connectivity index (χ2n) is 7.31. The van der Waals surface area contributed by atoms with Crippen molar-refractivity contribution in [2.75, 3.05) is 5.32 Å². The average molecular weight is 468 g/mol. The van der Waals surface area contributed by atoms with Gasteiger partial charge in [-0.1, -0.05) is 12.1 Å². The topological polar surface area (TPSA) is 115 Å². The smallest absolute Gasteiger partial charge is 0.332 e. The molecule has 174 valence electrons. The van der Waals surface area contributed by atoms with E-state index in [2.05, 4.69) is 10.6 Å². The highest BCUT2D eigenvalue weighted by Crippen LogP contribution is 2.15. The zero-order valence-corrected chi connectivity index (χ0v) is 17.6. The zero-order chi connectivity index (χ0) is 24.2. The van der Waals surface area contributed by atoms with Crippen molar-refractivity contribution < 1.29 is 22.8 Å². The Kier molecular flexibility index (Phi) is 6.35. The number of hydrogen-bond donors (Lipinski definition) is 2. The number of anilines is 1. The average Bonchev–Trinajstić information content (AvgIpc) is 3.34. The van der Waals surface area contributed by atoms with Crippen LogP contribution in [0.4, 0.5) is 14.5 Å². The fraction of sp³-hybridized carbons (Fsp3) is 0.130. The number of aromatic nitrogens is 2. The van der Waals surface area contributed by atoms with Crippen LogP contribution in [-0.4, -0.2) is 20.9 Å². The summed E-state index contributed by atoms with van der Waals surface area (Å²) < 4.78 is 33.9. The molecule has 4 aromatic rings. The van der Waals surface area contributed by atoms with Crippen LogP contribution in [0.15, 0.2) is 74.9 Å². The summed E-state index contributed by atoms with van der Waals surface area (Å²) in [6.07, 6.45) is 1.44. The first-order valence-electron chi connectivity index (χ1n) is 10.1. The molecule has 4 rings (SSSR count). The van der Waals surface area contributed by atoms with E-state index in [4.69, 9.17) is 4.42 Å². The van der Waals surface area contributed by atoms with Gasteiger partial charge in [-0.2, -0.15) is 0 Å². The SMILES string of the molecule is O=C(Cn1c(=O)c2ccccc2n(CC(=O)Nc2ccc(F)cc2F)c1=O)NCc1ccco1. The molecule has 2 aromatic heterocycles. The summed E-state index contributed by atoms with van der Waals surface area (Å²) in [5.41, 5.74) is -1.70. The summed E-state index contributed by atoms with van der Waals surface area (Å²) in [7, 11) is 0. The Hall–Kier alpha value is -4.54. The van der Waals surface area contributed by atoms with Crippen LogP contribution in [0.1, 0.15) is 5.76 Å². The number of fused-ring (bicyclic) bond motifs is 1. The summed E-state index contributed by atoms with van der Waals surface area (Å²) in [5, 5.41) is 4.93. The fourth-order valence-electron chi connectivity index (χ4n) is 3.39. The molecule has 0 aliphatic rings. The second-order valence-corrected chi connectivity index (χ2v) is 7.31. The number of benzene rings is 2. The predicted octanol–water partition coefficient (Wildman–Crippen LogP) is 1.99. The van der Waals surface area contributed by atoms with Crippen molar-refractivity contribution in [3.63, 3.8) is 0 Å². The number of nitrogens with one attached hydrogen (secondary N) is 2. The number of nitrogens with zero attached hydrogens (tertiary/aromatic N) is 2. The van der Waals surface area contributed by atoms with E-state index in [9.17, 15) is 28.0 Å². The molecule has 0 saturated heterocycles. The van der Waals surface area contributed by atoms with Gasteiger partial charge in [-0.05, 0) is 36.4 Å². The standard InChI is InChI=1S/C23H18F2N4O5/c24-14-7-8-18(17(25)10-14)27-21(31)13-28-19-6-2-1-5-16(19)22(32)29(23(28)33)12-20(30)26-11-15-4-3-9-34-15/h1-10H,11-13H2,(H,26,30)(H,27,31). The number of rotatable bonds is 7. The highest BCUT2D eigenvalue weighted by molar-refractivity contribution is 5.91. The Morgan fingerprint density at radius 1 is 0.912 bits per heavy atom. The zero-order valence-electron chi connectivity index (χ0n) is 17.6. The minimum absolute atomic E-state index is 0.0635. The Labute approximate surface area is 190 Å². The molecule has 0 aliphatic heterocycles. The highest BCUT2D eigenvalue weighted by Gasteiger charge is 2.18. The second kappa shape index (κ2) is 9.53. The molecule has 0 unspecified atom stereocenters. The lowest BCUT2D eigenvalue weighted by Crippen LogP contribution is -2.44. The lowest BCUT2D eigenvalue weighted by Gasteiger charge is -2.14. The van der Waals surface area contributed by atoms with E-state index in [-0.39, 0.29) is 23.1 Å². The van der Waals surface area contributed by atoms with E-state index < -0.39 is 47.8 Å². The summed E-state index contributed by atoms with van der Waals surface area (Å²) in [4.78, 5) is 50.9. The fourth-order valence-corrected chi connectivity index (χ4v) is 3.39. The molecule has 0 bridgehead atoms. The number of hydrogen-bond acceptors (Lipinski definition) is 5. The third-order valence-electron chi connectivity index (χ3n) is 4.98. The van der Waals surface area contributed by atoms with Gasteiger partial charge >= 0.3 is 5.69 Å². The van der Waals surface area contributed by atoms with Crippen LogP contribution in [0.5, 0.6) is 0 Å². The van der Waals surface area contributed by atoms with Gasteiger partial charge in [0.05, 0.1) is 29.4 Å². The molecule has 0 atom stereocenters. The first kappa shape index (κ1) is 22.6. The molecular formula is C23H18F2N4O5. The summed E-state index contributed by atoms with van der Waals surface area (Å²) >= 11 is 0. The van der Waals surface area contributed by atoms with Gasteiger partial charge in [0.25, 0.3) is 5.56 Å². The third-order valence-corrected chi connectivity index (χ3v) is 4.98. The van der Waals surface area contributed by atoms with Gasteiger partial charge in [0.15, 0.2) is 0 Å². The van der Waals surface area contributed by atoms with Gasteiger partial charge in [0, 0.05) is 6.07 Å². The van der Waals surface area contributed by atoms with Crippen LogP contribution in [0.3, 0.4) is 0 Å². The molecule has 0 saturated carbocycles. The van der Waals surface area contributed by atoms with Gasteiger partial charge in [-0.15, -0.1) is 0 Å². The molecule has 11 heteroatoms. The van der Waals surface area contributed by atoms with Gasteiger partial charge in [-0.3, -0.25) is 23.5 Å². The Bertz CT molecular complexity index is 1490. The van der Waals surface area contributed by atoms with Crippen LogP contribution in [0.2, 0.25) is 0 Å². The van der Waals surface area contributed by atoms with Crippen molar-refractivity contribution in [3.05, 3.63) is 99.1 Å². The molecule has 2 amide bonds. The lowest BCUT2D eigenvalue weighted by molar-refractivity contribution is -0.122.